The summed E-state index contributed by atoms with van der Waals surface area (Å²) in [5.74, 6) is 1.83. The molecule has 174 valence electrons. The zero-order valence-corrected chi connectivity index (χ0v) is 19.4. The molecule has 0 saturated heterocycles. The zero-order valence-electron chi connectivity index (χ0n) is 19.4. The van der Waals surface area contributed by atoms with Crippen molar-refractivity contribution in [2.24, 2.45) is 4.99 Å². The number of methoxy groups -OCH3 is 1. The Bertz CT molecular complexity index is 733. The van der Waals surface area contributed by atoms with Gasteiger partial charge in [0.15, 0.2) is 17.5 Å². The van der Waals surface area contributed by atoms with Crippen molar-refractivity contribution in [1.82, 2.24) is 15.5 Å². The maximum Gasteiger partial charge on any atom is 0.242 e. The van der Waals surface area contributed by atoms with Gasteiger partial charge in [-0.15, -0.1) is 0 Å². The number of amides is 1. The first-order valence-electron chi connectivity index (χ1n) is 10.7. The fourth-order valence-electron chi connectivity index (χ4n) is 2.85. The van der Waals surface area contributed by atoms with Crippen molar-refractivity contribution in [3.05, 3.63) is 18.2 Å². The summed E-state index contributed by atoms with van der Waals surface area (Å²) in [4.78, 5) is 18.8. The van der Waals surface area contributed by atoms with Gasteiger partial charge in [-0.3, -0.25) is 4.79 Å². The zero-order chi connectivity index (χ0) is 22.7. The summed E-state index contributed by atoms with van der Waals surface area (Å²) in [6, 6.07) is 5.67. The highest BCUT2D eigenvalue weighted by Gasteiger charge is 2.14. The van der Waals surface area contributed by atoms with E-state index in [0.717, 1.165) is 30.9 Å². The highest BCUT2D eigenvalue weighted by atomic mass is 16.5. The van der Waals surface area contributed by atoms with Crippen LogP contribution in [0.1, 0.15) is 27.2 Å². The Morgan fingerprint density at radius 3 is 2.65 bits per heavy atom. The van der Waals surface area contributed by atoms with Gasteiger partial charge in [-0.05, 0) is 40.0 Å². The van der Waals surface area contributed by atoms with E-state index in [-0.39, 0.29) is 18.0 Å². The summed E-state index contributed by atoms with van der Waals surface area (Å²) >= 11 is 0. The first kappa shape index (κ1) is 24.7. The van der Waals surface area contributed by atoms with E-state index in [1.807, 2.05) is 46.0 Å². The molecule has 0 atom stereocenters. The Labute approximate surface area is 185 Å². The molecule has 0 aromatic heterocycles. The Kier molecular flexibility index (Phi) is 9.87. The third kappa shape index (κ3) is 9.89. The van der Waals surface area contributed by atoms with Crippen LogP contribution in [0.25, 0.3) is 0 Å². The second-order valence-electron chi connectivity index (χ2n) is 8.52. The van der Waals surface area contributed by atoms with Gasteiger partial charge in [-0.1, -0.05) is 0 Å². The minimum atomic E-state index is -0.300. The molecule has 9 heteroatoms. The van der Waals surface area contributed by atoms with Crippen LogP contribution in [0.4, 0.5) is 5.69 Å². The molecular formula is C22H37N5O4. The van der Waals surface area contributed by atoms with E-state index in [0.29, 0.717) is 38.1 Å². The van der Waals surface area contributed by atoms with Gasteiger partial charge in [0.05, 0.1) is 19.8 Å². The molecule has 31 heavy (non-hydrogen) atoms. The summed E-state index contributed by atoms with van der Waals surface area (Å²) in [6.45, 7) is 10.1. The van der Waals surface area contributed by atoms with Gasteiger partial charge in [-0.2, -0.15) is 0 Å². The molecule has 1 heterocycles. The van der Waals surface area contributed by atoms with Crippen molar-refractivity contribution < 1.29 is 19.0 Å². The fourth-order valence-corrected chi connectivity index (χ4v) is 2.85. The van der Waals surface area contributed by atoms with Crippen molar-refractivity contribution in [2.75, 3.05) is 65.5 Å². The van der Waals surface area contributed by atoms with E-state index in [4.69, 9.17) is 14.2 Å². The molecule has 1 amide bonds. The van der Waals surface area contributed by atoms with Gasteiger partial charge in [0.2, 0.25) is 5.91 Å². The molecule has 1 aromatic rings. The largest absolute Gasteiger partial charge is 0.490 e. The maximum absolute atomic E-state index is 12.2. The number of rotatable bonds is 9. The lowest BCUT2D eigenvalue weighted by atomic mass is 10.1. The number of hydrogen-bond acceptors (Lipinski definition) is 6. The molecule has 0 saturated carbocycles. The molecule has 0 aliphatic carbocycles. The van der Waals surface area contributed by atoms with Crippen molar-refractivity contribution >= 4 is 17.6 Å². The number of anilines is 1. The normalized spacial score (nSPS) is 14.2. The van der Waals surface area contributed by atoms with Crippen LogP contribution in [-0.4, -0.2) is 82.5 Å². The fraction of sp³-hybridized carbons (Fsp3) is 0.636. The van der Waals surface area contributed by atoms with Gasteiger partial charge >= 0.3 is 0 Å². The lowest BCUT2D eigenvalue weighted by Crippen LogP contribution is -2.43. The van der Waals surface area contributed by atoms with Crippen molar-refractivity contribution in [1.29, 1.82) is 0 Å². The number of benzene rings is 1. The molecule has 3 N–H and O–H groups in total. The van der Waals surface area contributed by atoms with Crippen LogP contribution in [-0.2, 0) is 9.53 Å². The highest BCUT2D eigenvalue weighted by Crippen LogP contribution is 2.32. The molecule has 0 spiro atoms. The average molecular weight is 436 g/mol. The van der Waals surface area contributed by atoms with Gasteiger partial charge in [0, 0.05) is 50.5 Å². The number of nitrogens with zero attached hydrogens (tertiary/aromatic N) is 2. The number of carbonyl (C=O) groups excluding carboxylic acids is 1. The molecule has 1 aliphatic heterocycles. The topological polar surface area (TPSA) is 96.5 Å². The standard InChI is InChI=1S/C22H37N5O4/c1-22(2,3)26-20(28)16-24-21(23-9-10-27(4)11-14-29-5)25-17-7-8-18-19(15-17)31-13-6-12-30-18/h7-8,15H,6,9-14,16H2,1-5H3,(H,26,28)(H2,23,24,25). The molecule has 0 radical (unpaired) electrons. The Balaban J connectivity index is 2.03. The van der Waals surface area contributed by atoms with E-state index >= 15 is 0 Å². The van der Waals surface area contributed by atoms with E-state index in [1.165, 1.54) is 0 Å². The van der Waals surface area contributed by atoms with Gasteiger partial charge < -0.3 is 35.1 Å². The predicted octanol–water partition coefficient (Wildman–Crippen LogP) is 1.70. The molecular weight excluding hydrogens is 398 g/mol. The summed E-state index contributed by atoms with van der Waals surface area (Å²) < 4.78 is 16.6. The first-order chi connectivity index (χ1) is 14.8. The van der Waals surface area contributed by atoms with Crippen LogP contribution in [0.5, 0.6) is 11.5 Å². The lowest BCUT2D eigenvalue weighted by Gasteiger charge is -2.20. The lowest BCUT2D eigenvalue weighted by molar-refractivity contribution is -0.121. The molecule has 1 aliphatic rings. The second-order valence-corrected chi connectivity index (χ2v) is 8.52. The van der Waals surface area contributed by atoms with Gasteiger partial charge in [0.1, 0.15) is 6.54 Å². The smallest absolute Gasteiger partial charge is 0.242 e. The van der Waals surface area contributed by atoms with E-state index < -0.39 is 0 Å². The summed E-state index contributed by atoms with van der Waals surface area (Å²) in [5.41, 5.74) is 0.505. The van der Waals surface area contributed by atoms with Crippen LogP contribution in [0.15, 0.2) is 23.2 Å². The Hall–Kier alpha value is -2.52. The predicted molar refractivity (Wildman–Crippen MR) is 123 cm³/mol. The molecule has 1 aromatic carbocycles. The van der Waals surface area contributed by atoms with Crippen molar-refractivity contribution in [3.8, 4) is 11.5 Å². The SMILES string of the molecule is COCCN(C)CCNC(=NCC(=O)NC(C)(C)C)Nc1ccc2c(c1)OCCCO2. The van der Waals surface area contributed by atoms with Crippen molar-refractivity contribution in [3.63, 3.8) is 0 Å². The number of carbonyl (C=O) groups is 1. The number of likely N-dealkylation sites (N-methyl/N-ethyl adjacent to an activating group) is 1. The minimum absolute atomic E-state index is 0.0245. The number of fused-ring (bicyclic) bond motifs is 1. The van der Waals surface area contributed by atoms with Crippen LogP contribution in [0.2, 0.25) is 0 Å². The van der Waals surface area contributed by atoms with Crippen LogP contribution in [0, 0.1) is 0 Å². The Morgan fingerprint density at radius 1 is 1.19 bits per heavy atom. The third-order valence-corrected chi connectivity index (χ3v) is 4.37. The summed E-state index contributed by atoms with van der Waals surface area (Å²) in [5, 5.41) is 9.48. The number of nitrogens with one attached hydrogen (secondary N) is 3. The molecule has 0 bridgehead atoms. The minimum Gasteiger partial charge on any atom is -0.490 e. The van der Waals surface area contributed by atoms with Crippen molar-refractivity contribution in [2.45, 2.75) is 32.7 Å². The number of ether oxygens (including phenoxy) is 3. The van der Waals surface area contributed by atoms with Crippen LogP contribution < -0.4 is 25.4 Å². The highest BCUT2D eigenvalue weighted by molar-refractivity contribution is 5.95. The molecule has 2 rings (SSSR count). The summed E-state index contributed by atoms with van der Waals surface area (Å²) in [7, 11) is 3.73. The molecule has 9 nitrogen and oxygen atoms in total. The summed E-state index contributed by atoms with van der Waals surface area (Å²) in [6.07, 6.45) is 0.852. The van der Waals surface area contributed by atoms with E-state index in [1.54, 1.807) is 7.11 Å². The van der Waals surface area contributed by atoms with Gasteiger partial charge in [0.25, 0.3) is 0 Å². The van der Waals surface area contributed by atoms with E-state index in [9.17, 15) is 4.79 Å². The maximum atomic E-state index is 12.2. The Morgan fingerprint density at radius 2 is 1.94 bits per heavy atom. The molecule has 0 fully saturated rings. The number of hydrogen-bond donors (Lipinski definition) is 3. The first-order valence-corrected chi connectivity index (χ1v) is 10.7. The van der Waals surface area contributed by atoms with Crippen LogP contribution >= 0.6 is 0 Å². The number of aliphatic imine (C=N–C) groups is 1. The number of guanidine groups is 1. The average Bonchev–Trinajstić information content (AvgIpc) is 2.94. The van der Waals surface area contributed by atoms with Crippen LogP contribution in [0.3, 0.4) is 0 Å². The van der Waals surface area contributed by atoms with Gasteiger partial charge in [-0.25, -0.2) is 4.99 Å². The second kappa shape index (κ2) is 12.4. The monoisotopic (exact) mass is 435 g/mol. The van der Waals surface area contributed by atoms with E-state index in [2.05, 4.69) is 25.8 Å². The third-order valence-electron chi connectivity index (χ3n) is 4.37. The molecule has 0 unspecified atom stereocenters. The quantitative estimate of drug-likeness (QED) is 0.401.